The molecule has 0 amide bonds. The van der Waals surface area contributed by atoms with E-state index in [-0.39, 0.29) is 0 Å². The molecular weight excluding hydrogens is 200 g/mol. The Kier molecular flexibility index (Phi) is 5.07. The molecule has 94 valence electrons. The molecule has 1 aliphatic carbocycles. The smallest absolute Gasteiger partial charge is 0.0597 e. The quantitative estimate of drug-likeness (QED) is 0.788. The third-order valence-electron chi connectivity index (χ3n) is 3.86. The van der Waals surface area contributed by atoms with Crippen molar-refractivity contribution in [3.8, 4) is 0 Å². The summed E-state index contributed by atoms with van der Waals surface area (Å²) in [5.41, 5.74) is 0. The molecule has 1 heterocycles. The molecule has 2 fully saturated rings. The van der Waals surface area contributed by atoms with Gasteiger partial charge in [-0.05, 0) is 32.7 Å². The first kappa shape index (κ1) is 12.3. The maximum atomic E-state index is 5.91. The normalized spacial score (nSPS) is 29.4. The summed E-state index contributed by atoms with van der Waals surface area (Å²) in [4.78, 5) is 2.53. The van der Waals surface area contributed by atoms with Crippen LogP contribution in [0, 0.1) is 0 Å². The number of nitrogens with one attached hydrogen (secondary N) is 1. The van der Waals surface area contributed by atoms with E-state index in [9.17, 15) is 0 Å². The van der Waals surface area contributed by atoms with E-state index < -0.39 is 0 Å². The Balaban J connectivity index is 1.57. The molecule has 2 rings (SSSR count). The van der Waals surface area contributed by atoms with Crippen LogP contribution in [0.15, 0.2) is 0 Å². The van der Waals surface area contributed by atoms with Gasteiger partial charge in [0.1, 0.15) is 0 Å². The first-order chi connectivity index (χ1) is 7.84. The van der Waals surface area contributed by atoms with Gasteiger partial charge in [0.25, 0.3) is 0 Å². The van der Waals surface area contributed by atoms with Crippen LogP contribution in [0.25, 0.3) is 0 Å². The van der Waals surface area contributed by atoms with Crippen LogP contribution in [0.5, 0.6) is 0 Å². The molecule has 1 atom stereocenters. The summed E-state index contributed by atoms with van der Waals surface area (Å²) >= 11 is 0. The number of ether oxygens (including phenoxy) is 1. The average molecular weight is 226 g/mol. The topological polar surface area (TPSA) is 24.5 Å². The van der Waals surface area contributed by atoms with Crippen molar-refractivity contribution in [2.24, 2.45) is 0 Å². The SMILES string of the molecule is CC1CCN(CCOC2CCCC2)CCN1. The van der Waals surface area contributed by atoms with E-state index in [4.69, 9.17) is 4.74 Å². The Morgan fingerprint density at radius 2 is 2.00 bits per heavy atom. The van der Waals surface area contributed by atoms with Crippen molar-refractivity contribution in [1.29, 1.82) is 0 Å². The van der Waals surface area contributed by atoms with Gasteiger partial charge in [0, 0.05) is 25.7 Å². The summed E-state index contributed by atoms with van der Waals surface area (Å²) in [7, 11) is 0. The van der Waals surface area contributed by atoms with E-state index in [0.29, 0.717) is 12.1 Å². The fraction of sp³-hybridized carbons (Fsp3) is 1.00. The lowest BCUT2D eigenvalue weighted by Gasteiger charge is -2.20. The maximum absolute atomic E-state index is 5.91. The van der Waals surface area contributed by atoms with Crippen molar-refractivity contribution in [3.63, 3.8) is 0 Å². The third kappa shape index (κ3) is 4.04. The molecule has 16 heavy (non-hydrogen) atoms. The van der Waals surface area contributed by atoms with Crippen LogP contribution in [-0.4, -0.2) is 49.8 Å². The number of hydrogen-bond donors (Lipinski definition) is 1. The molecule has 1 saturated heterocycles. The van der Waals surface area contributed by atoms with Crippen molar-refractivity contribution in [1.82, 2.24) is 10.2 Å². The van der Waals surface area contributed by atoms with Crippen LogP contribution >= 0.6 is 0 Å². The summed E-state index contributed by atoms with van der Waals surface area (Å²) in [6.07, 6.45) is 7.16. The standard InChI is InChI=1S/C13H26N2O/c1-12-6-8-15(9-7-14-12)10-11-16-13-4-2-3-5-13/h12-14H,2-11H2,1H3. The van der Waals surface area contributed by atoms with E-state index in [1.165, 1.54) is 45.2 Å². The summed E-state index contributed by atoms with van der Waals surface area (Å²) < 4.78 is 5.91. The molecule has 3 nitrogen and oxygen atoms in total. The van der Waals surface area contributed by atoms with Crippen molar-refractivity contribution in [3.05, 3.63) is 0 Å². The molecule has 0 bridgehead atoms. The van der Waals surface area contributed by atoms with Crippen molar-refractivity contribution in [2.75, 3.05) is 32.8 Å². The van der Waals surface area contributed by atoms with Crippen LogP contribution < -0.4 is 5.32 Å². The minimum Gasteiger partial charge on any atom is -0.377 e. The molecule has 0 radical (unpaired) electrons. The minimum absolute atomic E-state index is 0.573. The lowest BCUT2D eigenvalue weighted by Crippen LogP contribution is -2.32. The number of hydrogen-bond acceptors (Lipinski definition) is 3. The fourth-order valence-electron chi connectivity index (χ4n) is 2.69. The Labute approximate surface area is 99.5 Å². The van der Waals surface area contributed by atoms with Gasteiger partial charge in [0.2, 0.25) is 0 Å². The summed E-state index contributed by atoms with van der Waals surface area (Å²) in [5, 5.41) is 3.52. The van der Waals surface area contributed by atoms with Gasteiger partial charge in [-0.15, -0.1) is 0 Å². The molecule has 3 heteroatoms. The lowest BCUT2D eigenvalue weighted by molar-refractivity contribution is 0.0428. The number of nitrogens with zero attached hydrogens (tertiary/aromatic N) is 1. The van der Waals surface area contributed by atoms with Gasteiger partial charge >= 0.3 is 0 Å². The highest BCUT2D eigenvalue weighted by molar-refractivity contribution is 4.72. The first-order valence-electron chi connectivity index (χ1n) is 6.92. The average Bonchev–Trinajstić information content (AvgIpc) is 2.70. The predicted octanol–water partition coefficient (Wildman–Crippen LogP) is 1.63. The number of rotatable bonds is 4. The zero-order valence-corrected chi connectivity index (χ0v) is 10.6. The Bertz CT molecular complexity index is 192. The molecule has 1 N–H and O–H groups in total. The lowest BCUT2D eigenvalue weighted by atomic mass is 10.2. The van der Waals surface area contributed by atoms with Gasteiger partial charge in [-0.1, -0.05) is 12.8 Å². The second kappa shape index (κ2) is 6.58. The molecule has 1 aliphatic heterocycles. The van der Waals surface area contributed by atoms with Crippen LogP contribution in [0.2, 0.25) is 0 Å². The van der Waals surface area contributed by atoms with Crippen LogP contribution in [0.4, 0.5) is 0 Å². The largest absolute Gasteiger partial charge is 0.377 e. The third-order valence-corrected chi connectivity index (χ3v) is 3.86. The van der Waals surface area contributed by atoms with E-state index >= 15 is 0 Å². The van der Waals surface area contributed by atoms with Crippen LogP contribution in [0.1, 0.15) is 39.0 Å². The molecule has 1 saturated carbocycles. The van der Waals surface area contributed by atoms with Gasteiger partial charge in [-0.2, -0.15) is 0 Å². The molecule has 0 aromatic rings. The van der Waals surface area contributed by atoms with Gasteiger partial charge in [0.05, 0.1) is 12.7 Å². The molecule has 0 aromatic heterocycles. The van der Waals surface area contributed by atoms with Gasteiger partial charge < -0.3 is 10.1 Å². The monoisotopic (exact) mass is 226 g/mol. The Morgan fingerprint density at radius 1 is 1.19 bits per heavy atom. The molecule has 0 aromatic carbocycles. The second-order valence-electron chi connectivity index (χ2n) is 5.26. The van der Waals surface area contributed by atoms with Gasteiger partial charge in [-0.25, -0.2) is 0 Å². The van der Waals surface area contributed by atoms with Gasteiger partial charge in [0.15, 0.2) is 0 Å². The molecule has 1 unspecified atom stereocenters. The van der Waals surface area contributed by atoms with E-state index in [1.807, 2.05) is 0 Å². The van der Waals surface area contributed by atoms with Crippen molar-refractivity contribution >= 4 is 0 Å². The van der Waals surface area contributed by atoms with Crippen LogP contribution in [0.3, 0.4) is 0 Å². The Hall–Kier alpha value is -0.120. The summed E-state index contributed by atoms with van der Waals surface area (Å²) in [5.74, 6) is 0. The summed E-state index contributed by atoms with van der Waals surface area (Å²) in [6, 6.07) is 0.681. The van der Waals surface area contributed by atoms with Crippen molar-refractivity contribution in [2.45, 2.75) is 51.2 Å². The molecule has 0 spiro atoms. The zero-order valence-electron chi connectivity index (χ0n) is 10.6. The van der Waals surface area contributed by atoms with E-state index in [0.717, 1.165) is 19.7 Å². The predicted molar refractivity (Wildman–Crippen MR) is 66.7 cm³/mol. The molecule has 2 aliphatic rings. The van der Waals surface area contributed by atoms with Crippen molar-refractivity contribution < 1.29 is 4.74 Å². The summed E-state index contributed by atoms with van der Waals surface area (Å²) in [6.45, 7) is 7.85. The van der Waals surface area contributed by atoms with E-state index in [1.54, 1.807) is 0 Å². The Morgan fingerprint density at radius 3 is 2.81 bits per heavy atom. The highest BCUT2D eigenvalue weighted by Crippen LogP contribution is 2.20. The second-order valence-corrected chi connectivity index (χ2v) is 5.26. The fourth-order valence-corrected chi connectivity index (χ4v) is 2.69. The zero-order chi connectivity index (χ0) is 11.2. The van der Waals surface area contributed by atoms with E-state index in [2.05, 4.69) is 17.1 Å². The van der Waals surface area contributed by atoms with Crippen LogP contribution in [-0.2, 0) is 4.74 Å². The molecular formula is C13H26N2O. The highest BCUT2D eigenvalue weighted by atomic mass is 16.5. The minimum atomic E-state index is 0.573. The van der Waals surface area contributed by atoms with Gasteiger partial charge in [-0.3, -0.25) is 4.90 Å². The highest BCUT2D eigenvalue weighted by Gasteiger charge is 2.16. The maximum Gasteiger partial charge on any atom is 0.0597 e. The first-order valence-corrected chi connectivity index (χ1v) is 6.92.